The Balaban J connectivity index is 1.25. The number of hydrogen-bond donors (Lipinski definition) is 0. The molecule has 0 bridgehead atoms. The minimum Gasteiger partial charge on any atom is -0.0616 e. The second kappa shape index (κ2) is 9.51. The molecule has 236 valence electrons. The molecule has 0 amide bonds. The molecule has 0 aliphatic heterocycles. The summed E-state index contributed by atoms with van der Waals surface area (Å²) in [7, 11) is 0. The smallest absolute Gasteiger partial charge is 0.000719 e. The number of hydrogen-bond acceptors (Lipinski definition) is 0. The molecule has 0 N–H and O–H groups in total. The van der Waals surface area contributed by atoms with E-state index in [0.29, 0.717) is 0 Å². The lowest BCUT2D eigenvalue weighted by atomic mass is 9.79. The average Bonchev–Trinajstić information content (AvgIpc) is 3.53. The highest BCUT2D eigenvalue weighted by Gasteiger charge is 2.31. The van der Waals surface area contributed by atoms with Crippen molar-refractivity contribution in [3.05, 3.63) is 170 Å². The van der Waals surface area contributed by atoms with Gasteiger partial charge in [0.25, 0.3) is 0 Å². The van der Waals surface area contributed by atoms with Crippen LogP contribution < -0.4 is 0 Å². The Hall–Kier alpha value is -6.76. The zero-order chi connectivity index (χ0) is 33.7. The topological polar surface area (TPSA) is 0 Å². The van der Waals surface area contributed by atoms with Gasteiger partial charge in [-0.3, -0.25) is 0 Å². The molecule has 12 aromatic carbocycles. The summed E-state index contributed by atoms with van der Waals surface area (Å²) in [4.78, 5) is 0. The van der Waals surface area contributed by atoms with Crippen LogP contribution in [0.5, 0.6) is 0 Å². The zero-order valence-electron chi connectivity index (χ0n) is 28.2. The Kier molecular flexibility index (Phi) is 4.94. The Morgan fingerprint density at radius 1 is 0.173 bits per heavy atom. The fraction of sp³-hybridized carbons (Fsp3) is 0. The van der Waals surface area contributed by atoms with E-state index in [9.17, 15) is 0 Å². The van der Waals surface area contributed by atoms with Crippen LogP contribution in [0.4, 0.5) is 0 Å². The maximum Gasteiger partial charge on any atom is -0.000719 e. The highest BCUT2D eigenvalue weighted by molar-refractivity contribution is 6.33. The molecule has 0 atom stereocenters. The van der Waals surface area contributed by atoms with Crippen molar-refractivity contribution in [2.24, 2.45) is 0 Å². The van der Waals surface area contributed by atoms with Gasteiger partial charge in [0, 0.05) is 0 Å². The third-order valence-corrected chi connectivity index (χ3v) is 12.3. The fourth-order valence-electron chi connectivity index (χ4n) is 10.2. The van der Waals surface area contributed by atoms with E-state index < -0.39 is 0 Å². The molecule has 0 saturated heterocycles. The van der Waals surface area contributed by atoms with Crippen LogP contribution in [-0.2, 0) is 0 Å². The molecule has 1 aliphatic carbocycles. The summed E-state index contributed by atoms with van der Waals surface area (Å²) in [6.07, 6.45) is 0. The molecule has 0 unspecified atom stereocenters. The summed E-state index contributed by atoms with van der Waals surface area (Å²) in [5.74, 6) is 0. The summed E-state index contributed by atoms with van der Waals surface area (Å²) in [5, 5.41) is 21.1. The van der Waals surface area contributed by atoms with Crippen molar-refractivity contribution in [3.63, 3.8) is 0 Å². The molecular weight excluding hydrogens is 625 g/mol. The van der Waals surface area contributed by atoms with Crippen LogP contribution in [-0.4, -0.2) is 0 Å². The van der Waals surface area contributed by atoms with E-state index in [0.717, 1.165) is 0 Å². The minimum absolute atomic E-state index is 1.29. The molecule has 0 radical (unpaired) electrons. The molecule has 1 aliphatic rings. The maximum absolute atomic E-state index is 2.39. The van der Waals surface area contributed by atoms with Crippen molar-refractivity contribution in [1.29, 1.82) is 0 Å². The van der Waals surface area contributed by atoms with Gasteiger partial charge in [0.05, 0.1) is 0 Å². The van der Waals surface area contributed by atoms with Crippen molar-refractivity contribution >= 4 is 86.2 Å². The van der Waals surface area contributed by atoms with Crippen LogP contribution >= 0.6 is 0 Å². The van der Waals surface area contributed by atoms with Crippen LogP contribution in [0.15, 0.2) is 170 Å². The summed E-state index contributed by atoms with van der Waals surface area (Å²) in [5.41, 5.74) is 10.6. The molecular formula is C52H28. The molecule has 52 heavy (non-hydrogen) atoms. The Labute approximate surface area is 299 Å². The number of benzene rings is 12. The Morgan fingerprint density at radius 3 is 0.962 bits per heavy atom. The highest BCUT2D eigenvalue weighted by atomic mass is 14.3. The molecule has 0 nitrogen and oxygen atoms in total. The monoisotopic (exact) mass is 652 g/mol. The first-order chi connectivity index (χ1) is 25.8. The van der Waals surface area contributed by atoms with E-state index in [-0.39, 0.29) is 0 Å². The minimum atomic E-state index is 1.29. The normalized spacial score (nSPS) is 12.6. The van der Waals surface area contributed by atoms with Crippen LogP contribution in [0.1, 0.15) is 0 Å². The molecule has 0 saturated carbocycles. The van der Waals surface area contributed by atoms with Gasteiger partial charge in [-0.15, -0.1) is 0 Å². The molecule has 0 heteroatoms. The van der Waals surface area contributed by atoms with Crippen molar-refractivity contribution in [1.82, 2.24) is 0 Å². The second-order valence-corrected chi connectivity index (χ2v) is 14.7. The first kappa shape index (κ1) is 27.0. The van der Waals surface area contributed by atoms with Crippen LogP contribution in [0.2, 0.25) is 0 Å². The van der Waals surface area contributed by atoms with E-state index in [1.165, 1.54) is 131 Å². The predicted octanol–water partition coefficient (Wildman–Crippen LogP) is 14.8. The molecule has 0 fully saturated rings. The fourth-order valence-corrected chi connectivity index (χ4v) is 10.2. The van der Waals surface area contributed by atoms with Crippen molar-refractivity contribution in [2.75, 3.05) is 0 Å². The van der Waals surface area contributed by atoms with Crippen molar-refractivity contribution in [2.45, 2.75) is 0 Å². The third-order valence-electron chi connectivity index (χ3n) is 12.3. The van der Waals surface area contributed by atoms with Gasteiger partial charge >= 0.3 is 0 Å². The van der Waals surface area contributed by atoms with Crippen LogP contribution in [0.3, 0.4) is 0 Å². The zero-order valence-corrected chi connectivity index (χ0v) is 28.2. The van der Waals surface area contributed by atoms with E-state index >= 15 is 0 Å². The first-order valence-corrected chi connectivity index (χ1v) is 18.3. The van der Waals surface area contributed by atoms with Crippen LogP contribution in [0, 0.1) is 0 Å². The maximum atomic E-state index is 2.39. The van der Waals surface area contributed by atoms with Gasteiger partial charge in [0.1, 0.15) is 0 Å². The van der Waals surface area contributed by atoms with Gasteiger partial charge in [-0.05, 0) is 131 Å². The SMILES string of the molecule is c1cc2c3c(cccc3c1)-c1c-2c(-c2ccc3ccc4cccc5ccc2c3c45)c2ccccc2c1-c1ccc2ccc3cccc4ccc1c2c34. The molecule has 12 aromatic rings. The summed E-state index contributed by atoms with van der Waals surface area (Å²) >= 11 is 0. The quantitative estimate of drug-likeness (QED) is 0.163. The lowest BCUT2D eigenvalue weighted by molar-refractivity contribution is 1.67. The summed E-state index contributed by atoms with van der Waals surface area (Å²) < 4.78 is 0. The lowest BCUT2D eigenvalue weighted by Crippen LogP contribution is -1.96. The first-order valence-electron chi connectivity index (χ1n) is 18.3. The number of fused-ring (bicyclic) bond motifs is 4. The molecule has 0 aromatic heterocycles. The third kappa shape index (κ3) is 3.24. The highest BCUT2D eigenvalue weighted by Crippen LogP contribution is 2.59. The van der Waals surface area contributed by atoms with Gasteiger partial charge in [-0.1, -0.05) is 170 Å². The Bertz CT molecular complexity index is 3250. The van der Waals surface area contributed by atoms with Gasteiger partial charge in [-0.25, -0.2) is 0 Å². The molecule has 13 rings (SSSR count). The number of rotatable bonds is 2. The van der Waals surface area contributed by atoms with Crippen molar-refractivity contribution in [3.8, 4) is 44.5 Å². The van der Waals surface area contributed by atoms with Gasteiger partial charge < -0.3 is 0 Å². The average molecular weight is 653 g/mol. The van der Waals surface area contributed by atoms with E-state index in [2.05, 4.69) is 170 Å². The van der Waals surface area contributed by atoms with E-state index in [4.69, 9.17) is 0 Å². The van der Waals surface area contributed by atoms with Crippen molar-refractivity contribution < 1.29 is 0 Å². The van der Waals surface area contributed by atoms with Gasteiger partial charge in [0.2, 0.25) is 0 Å². The molecule has 0 spiro atoms. The lowest BCUT2D eigenvalue weighted by Gasteiger charge is -2.23. The summed E-state index contributed by atoms with van der Waals surface area (Å²) in [6.45, 7) is 0. The second-order valence-electron chi connectivity index (χ2n) is 14.7. The standard InChI is InChI=1S/C52H28/c1-2-14-37-36(13-1)49(40-27-23-34-19-17-30-7-3-9-32-21-25-38(40)47(34)44(30)32)51-42-15-5-11-29-12-6-16-43(46(29)42)52(51)50(37)41-28-24-35-20-18-31-8-4-10-33-22-26-39(41)48(35)45(31)33/h1-28H. The Morgan fingerprint density at radius 2 is 0.519 bits per heavy atom. The van der Waals surface area contributed by atoms with Gasteiger partial charge in [0.15, 0.2) is 0 Å². The van der Waals surface area contributed by atoms with E-state index in [1.54, 1.807) is 0 Å². The van der Waals surface area contributed by atoms with Crippen LogP contribution in [0.25, 0.3) is 131 Å². The summed E-state index contributed by atoms with van der Waals surface area (Å²) in [6, 6.07) is 64.4. The van der Waals surface area contributed by atoms with E-state index in [1.807, 2.05) is 0 Å². The predicted molar refractivity (Wildman–Crippen MR) is 224 cm³/mol. The van der Waals surface area contributed by atoms with Gasteiger partial charge in [-0.2, -0.15) is 0 Å². The largest absolute Gasteiger partial charge is 0.0616 e. The molecule has 0 heterocycles.